The van der Waals surface area contributed by atoms with Crippen LogP contribution in [0.25, 0.3) is 0 Å². The Morgan fingerprint density at radius 1 is 1.07 bits per heavy atom. The Balaban J connectivity index is 2.54. The van der Waals surface area contributed by atoms with Crippen LogP contribution < -0.4 is 4.48 Å². The molecule has 0 aromatic heterocycles. The van der Waals surface area contributed by atoms with Crippen LogP contribution in [-0.2, 0) is 0 Å². The van der Waals surface area contributed by atoms with Crippen molar-refractivity contribution in [2.24, 2.45) is 0 Å². The molecule has 1 N–H and O–H groups in total. The summed E-state index contributed by atoms with van der Waals surface area (Å²) in [6, 6.07) is 9.13. The number of nitrogens with zero attached hydrogens (tertiary/aromatic N) is 1. The van der Waals surface area contributed by atoms with Gasteiger partial charge in [0, 0.05) is 12.1 Å². The predicted octanol–water partition coefficient (Wildman–Crippen LogP) is 2.71. The fourth-order valence-electron chi connectivity index (χ4n) is 1.51. The van der Waals surface area contributed by atoms with E-state index in [0.717, 1.165) is 5.69 Å². The topological polar surface area (TPSA) is 37.3 Å². The maximum absolute atomic E-state index is 11.2. The molecule has 1 heterocycles. The molecule has 0 saturated heterocycles. The van der Waals surface area contributed by atoms with Gasteiger partial charge in [0.1, 0.15) is 12.4 Å². The van der Waals surface area contributed by atoms with Crippen molar-refractivity contribution in [1.29, 1.82) is 0 Å². The monoisotopic (exact) mass is 188 g/mol. The Morgan fingerprint density at radius 3 is 2.14 bits per heavy atom. The standard InChI is InChI=1S/C11H9NO2/c13-11(14)12(8-4-5-9-12)10-6-2-1-3-7-10/h1-9H/p+1. The van der Waals surface area contributed by atoms with Gasteiger partial charge in [0.15, 0.2) is 5.69 Å². The number of benzene rings is 1. The highest BCUT2D eigenvalue weighted by Crippen LogP contribution is 2.27. The average Bonchev–Trinajstić information content (AvgIpc) is 2.69. The molecule has 0 radical (unpaired) electrons. The Labute approximate surface area is 81.8 Å². The second kappa shape index (κ2) is 3.12. The molecule has 0 atom stereocenters. The third kappa shape index (κ3) is 1.15. The molecule has 0 bridgehead atoms. The van der Waals surface area contributed by atoms with Gasteiger partial charge in [-0.3, -0.25) is 0 Å². The van der Waals surface area contributed by atoms with Crippen molar-refractivity contribution in [1.82, 2.24) is 4.48 Å². The molecule has 1 aliphatic rings. The molecule has 1 aliphatic heterocycles. The SMILES string of the molecule is O=C(O)[N+]1(c2ccccc2)C=CC=C1. The summed E-state index contributed by atoms with van der Waals surface area (Å²) in [5, 5.41) is 9.19. The van der Waals surface area contributed by atoms with Gasteiger partial charge in [-0.25, -0.2) is 0 Å². The lowest BCUT2D eigenvalue weighted by Gasteiger charge is -2.20. The summed E-state index contributed by atoms with van der Waals surface area (Å²) in [6.07, 6.45) is 5.85. The molecule has 0 aliphatic carbocycles. The van der Waals surface area contributed by atoms with Crippen LogP contribution in [0.3, 0.4) is 0 Å². The van der Waals surface area contributed by atoms with E-state index < -0.39 is 6.09 Å². The third-order valence-electron chi connectivity index (χ3n) is 2.25. The third-order valence-corrected chi connectivity index (χ3v) is 2.25. The van der Waals surface area contributed by atoms with Gasteiger partial charge >= 0.3 is 6.09 Å². The van der Waals surface area contributed by atoms with E-state index in [1.807, 2.05) is 18.2 Å². The van der Waals surface area contributed by atoms with Crippen LogP contribution in [0.5, 0.6) is 0 Å². The second-order valence-electron chi connectivity index (χ2n) is 3.08. The van der Waals surface area contributed by atoms with Crippen molar-refractivity contribution in [2.45, 2.75) is 0 Å². The lowest BCUT2D eigenvalue weighted by Crippen LogP contribution is -2.41. The van der Waals surface area contributed by atoms with Gasteiger partial charge in [0.05, 0.1) is 0 Å². The molecule has 0 fully saturated rings. The van der Waals surface area contributed by atoms with Gasteiger partial charge in [-0.1, -0.05) is 18.2 Å². The first-order chi connectivity index (χ1) is 6.76. The molecule has 3 heteroatoms. The number of carbonyl (C=O) groups is 1. The van der Waals surface area contributed by atoms with Crippen molar-refractivity contribution in [2.75, 3.05) is 0 Å². The van der Waals surface area contributed by atoms with Crippen LogP contribution in [0.4, 0.5) is 10.5 Å². The summed E-state index contributed by atoms with van der Waals surface area (Å²) in [7, 11) is 0. The molecule has 1 aromatic carbocycles. The van der Waals surface area contributed by atoms with Crippen LogP contribution in [-0.4, -0.2) is 11.2 Å². The van der Waals surface area contributed by atoms with Crippen LogP contribution in [0.2, 0.25) is 0 Å². The number of amides is 1. The molecule has 1 aromatic rings. The number of rotatable bonds is 1. The highest BCUT2D eigenvalue weighted by Gasteiger charge is 2.37. The van der Waals surface area contributed by atoms with Gasteiger partial charge in [-0.2, -0.15) is 4.79 Å². The van der Waals surface area contributed by atoms with Gasteiger partial charge in [-0.15, -0.1) is 4.48 Å². The van der Waals surface area contributed by atoms with Crippen LogP contribution in [0.15, 0.2) is 54.9 Å². The maximum Gasteiger partial charge on any atom is 0.528 e. The number of quaternary nitrogens is 1. The highest BCUT2D eigenvalue weighted by molar-refractivity contribution is 5.85. The van der Waals surface area contributed by atoms with E-state index in [2.05, 4.69) is 0 Å². The smallest absolute Gasteiger partial charge is 0.435 e. The summed E-state index contributed by atoms with van der Waals surface area (Å²) < 4.78 is -0.249. The number of para-hydroxylation sites is 1. The average molecular weight is 188 g/mol. The molecule has 1 amide bonds. The molecule has 0 spiro atoms. The zero-order valence-corrected chi connectivity index (χ0v) is 7.50. The van der Waals surface area contributed by atoms with E-state index in [0.29, 0.717) is 0 Å². The Hall–Kier alpha value is -1.87. The second-order valence-corrected chi connectivity index (χ2v) is 3.08. The summed E-state index contributed by atoms with van der Waals surface area (Å²) in [5.41, 5.74) is 0.727. The van der Waals surface area contributed by atoms with Gasteiger partial charge < -0.3 is 5.11 Å². The first-order valence-electron chi connectivity index (χ1n) is 4.30. The van der Waals surface area contributed by atoms with E-state index in [9.17, 15) is 9.90 Å². The molecule has 3 nitrogen and oxygen atoms in total. The quantitative estimate of drug-likeness (QED) is 0.688. The van der Waals surface area contributed by atoms with Crippen molar-refractivity contribution < 1.29 is 9.90 Å². The fourth-order valence-corrected chi connectivity index (χ4v) is 1.51. The lowest BCUT2D eigenvalue weighted by molar-refractivity contribution is 0.176. The summed E-state index contributed by atoms with van der Waals surface area (Å²) in [5.74, 6) is 0. The molecule has 0 unspecified atom stereocenters. The highest BCUT2D eigenvalue weighted by atomic mass is 16.4. The van der Waals surface area contributed by atoms with Crippen molar-refractivity contribution in [3.8, 4) is 0 Å². The van der Waals surface area contributed by atoms with E-state index in [1.165, 1.54) is 0 Å². The number of allylic oxidation sites excluding steroid dienone is 2. The molecule has 2 rings (SSSR count). The van der Waals surface area contributed by atoms with Gasteiger partial charge in [0.25, 0.3) is 0 Å². The van der Waals surface area contributed by atoms with Crippen molar-refractivity contribution in [3.05, 3.63) is 54.9 Å². The van der Waals surface area contributed by atoms with E-state index in [4.69, 9.17) is 0 Å². The normalized spacial score (nSPS) is 17.1. The van der Waals surface area contributed by atoms with E-state index in [-0.39, 0.29) is 4.48 Å². The van der Waals surface area contributed by atoms with Crippen LogP contribution in [0.1, 0.15) is 0 Å². The summed E-state index contributed by atoms with van der Waals surface area (Å²) >= 11 is 0. The van der Waals surface area contributed by atoms with E-state index >= 15 is 0 Å². The molecular formula is C11H10NO2+. The minimum atomic E-state index is -0.902. The number of hydrogen-bond acceptors (Lipinski definition) is 1. The summed E-state index contributed by atoms with van der Waals surface area (Å²) in [4.78, 5) is 11.2. The largest absolute Gasteiger partial charge is 0.528 e. The van der Waals surface area contributed by atoms with Crippen molar-refractivity contribution >= 4 is 11.8 Å². The predicted molar refractivity (Wildman–Crippen MR) is 54.5 cm³/mol. The van der Waals surface area contributed by atoms with Crippen LogP contribution >= 0.6 is 0 Å². The van der Waals surface area contributed by atoms with Crippen molar-refractivity contribution in [3.63, 3.8) is 0 Å². The zero-order valence-electron chi connectivity index (χ0n) is 7.50. The first kappa shape index (κ1) is 8.72. The summed E-state index contributed by atoms with van der Waals surface area (Å²) in [6.45, 7) is 0. The maximum atomic E-state index is 11.2. The molecule has 70 valence electrons. The lowest BCUT2D eigenvalue weighted by atomic mass is 10.3. The van der Waals surface area contributed by atoms with Gasteiger partial charge in [0.2, 0.25) is 0 Å². The molecular weight excluding hydrogens is 178 g/mol. The van der Waals surface area contributed by atoms with Crippen LogP contribution in [0, 0.1) is 0 Å². The first-order valence-corrected chi connectivity index (χ1v) is 4.30. The number of carboxylic acid groups (broad SMARTS) is 1. The molecule has 0 saturated carbocycles. The zero-order chi connectivity index (χ0) is 10.0. The number of hydrogen-bond donors (Lipinski definition) is 1. The minimum Gasteiger partial charge on any atom is -0.435 e. The molecule has 14 heavy (non-hydrogen) atoms. The van der Waals surface area contributed by atoms with E-state index in [1.54, 1.807) is 36.7 Å². The Kier molecular flexibility index (Phi) is 1.94. The Morgan fingerprint density at radius 2 is 1.64 bits per heavy atom. The minimum absolute atomic E-state index is 0.249. The van der Waals surface area contributed by atoms with Gasteiger partial charge in [-0.05, 0) is 12.2 Å². The Bertz CT molecular complexity index is 395. The fraction of sp³-hybridized carbons (Fsp3) is 0.